The molecule has 0 aliphatic heterocycles. The lowest BCUT2D eigenvalue weighted by Crippen LogP contribution is -2.50. The fourth-order valence-electron chi connectivity index (χ4n) is 4.55. The largest absolute Gasteiger partial charge is 0.465 e. The normalized spacial score (nSPS) is 13.6. The molecule has 206 valence electrons. The van der Waals surface area contributed by atoms with Gasteiger partial charge in [0.2, 0.25) is 10.0 Å². The highest BCUT2D eigenvalue weighted by Crippen LogP contribution is 2.23. The summed E-state index contributed by atoms with van der Waals surface area (Å²) in [7, 11) is -4.02. The maximum absolute atomic E-state index is 13.8. The summed E-state index contributed by atoms with van der Waals surface area (Å²) in [6.07, 6.45) is -1.76. The quantitative estimate of drug-likeness (QED) is 0.210. The SMILES string of the molecule is CC(C)CN(C[C@@H](O)[C@H](Cc1ccccc1)NC(=O)O)S(=O)(=O)c1ccc2nc(Cc3ccccc3)[nH]c2c1. The van der Waals surface area contributed by atoms with Crippen LogP contribution in [0.25, 0.3) is 11.0 Å². The average Bonchev–Trinajstić information content (AvgIpc) is 3.30. The van der Waals surface area contributed by atoms with E-state index in [9.17, 15) is 23.4 Å². The summed E-state index contributed by atoms with van der Waals surface area (Å²) in [5.41, 5.74) is 3.16. The number of hydrogen-bond acceptors (Lipinski definition) is 5. The number of nitrogens with one attached hydrogen (secondary N) is 2. The number of carbonyl (C=O) groups is 1. The zero-order valence-electron chi connectivity index (χ0n) is 22.0. The van der Waals surface area contributed by atoms with E-state index in [4.69, 9.17) is 0 Å². The smallest absolute Gasteiger partial charge is 0.404 e. The van der Waals surface area contributed by atoms with E-state index in [0.29, 0.717) is 17.5 Å². The predicted octanol–water partition coefficient (Wildman–Crippen LogP) is 4.04. The summed E-state index contributed by atoms with van der Waals surface area (Å²) in [5, 5.41) is 22.8. The van der Waals surface area contributed by atoms with Crippen molar-refractivity contribution in [1.82, 2.24) is 19.6 Å². The molecule has 1 amide bonds. The van der Waals surface area contributed by atoms with E-state index in [-0.39, 0.29) is 30.3 Å². The highest BCUT2D eigenvalue weighted by molar-refractivity contribution is 7.89. The molecule has 0 radical (unpaired) electrons. The molecule has 1 heterocycles. The van der Waals surface area contributed by atoms with Crippen LogP contribution < -0.4 is 5.32 Å². The van der Waals surface area contributed by atoms with E-state index in [0.717, 1.165) is 17.0 Å². The van der Waals surface area contributed by atoms with Gasteiger partial charge in [-0.1, -0.05) is 74.5 Å². The molecule has 39 heavy (non-hydrogen) atoms. The predicted molar refractivity (Wildman–Crippen MR) is 150 cm³/mol. The molecule has 4 N–H and O–H groups in total. The number of H-pyrrole nitrogens is 1. The van der Waals surface area contributed by atoms with Crippen molar-refractivity contribution in [2.75, 3.05) is 13.1 Å². The molecule has 10 heteroatoms. The van der Waals surface area contributed by atoms with E-state index < -0.39 is 28.3 Å². The van der Waals surface area contributed by atoms with Gasteiger partial charge in [0.15, 0.2) is 0 Å². The van der Waals surface area contributed by atoms with Gasteiger partial charge in [0, 0.05) is 19.5 Å². The summed E-state index contributed by atoms with van der Waals surface area (Å²) in [4.78, 5) is 19.4. The van der Waals surface area contributed by atoms with Crippen molar-refractivity contribution in [3.8, 4) is 0 Å². The molecule has 0 unspecified atom stereocenters. The average molecular weight is 551 g/mol. The van der Waals surface area contributed by atoms with E-state index in [1.807, 2.05) is 74.5 Å². The Morgan fingerprint density at radius 2 is 1.62 bits per heavy atom. The number of aromatic nitrogens is 2. The molecule has 4 aromatic rings. The molecule has 0 bridgehead atoms. The molecule has 0 aliphatic rings. The Morgan fingerprint density at radius 1 is 0.974 bits per heavy atom. The van der Waals surface area contributed by atoms with Crippen LogP contribution in [0, 0.1) is 5.92 Å². The van der Waals surface area contributed by atoms with Gasteiger partial charge in [-0.3, -0.25) is 0 Å². The lowest BCUT2D eigenvalue weighted by molar-refractivity contribution is 0.0980. The van der Waals surface area contributed by atoms with Gasteiger partial charge in [-0.15, -0.1) is 0 Å². The highest BCUT2D eigenvalue weighted by Gasteiger charge is 2.31. The van der Waals surface area contributed by atoms with Crippen molar-refractivity contribution in [3.63, 3.8) is 0 Å². The summed E-state index contributed by atoms with van der Waals surface area (Å²) in [6.45, 7) is 3.67. The summed E-state index contributed by atoms with van der Waals surface area (Å²) < 4.78 is 28.8. The first-order valence-corrected chi connectivity index (χ1v) is 14.3. The number of sulfonamides is 1. The second-order valence-corrected chi connectivity index (χ2v) is 12.0. The number of nitrogens with zero attached hydrogens (tertiary/aromatic N) is 2. The molecule has 0 saturated carbocycles. The lowest BCUT2D eigenvalue weighted by atomic mass is 10.0. The summed E-state index contributed by atoms with van der Waals surface area (Å²) in [5.74, 6) is 0.698. The van der Waals surface area contributed by atoms with Crippen LogP contribution in [0.15, 0.2) is 83.8 Å². The number of hydrogen-bond donors (Lipinski definition) is 4. The molecular weight excluding hydrogens is 516 g/mol. The van der Waals surface area contributed by atoms with Crippen LogP contribution in [-0.2, 0) is 22.9 Å². The number of carboxylic acid groups (broad SMARTS) is 1. The van der Waals surface area contributed by atoms with Crippen molar-refractivity contribution >= 4 is 27.1 Å². The number of benzene rings is 3. The fraction of sp³-hybridized carbons (Fsp3) is 0.310. The Labute approximate surface area is 228 Å². The third-order valence-electron chi connectivity index (χ3n) is 6.39. The Kier molecular flexibility index (Phi) is 9.01. The van der Waals surface area contributed by atoms with Gasteiger partial charge in [-0.2, -0.15) is 4.31 Å². The van der Waals surface area contributed by atoms with Gasteiger partial charge >= 0.3 is 6.09 Å². The van der Waals surface area contributed by atoms with Crippen LogP contribution in [0.3, 0.4) is 0 Å². The van der Waals surface area contributed by atoms with Crippen LogP contribution in [-0.4, -0.2) is 64.2 Å². The van der Waals surface area contributed by atoms with Crippen molar-refractivity contribution in [2.45, 2.75) is 43.7 Å². The monoisotopic (exact) mass is 550 g/mol. The maximum Gasteiger partial charge on any atom is 0.404 e. The number of imidazole rings is 1. The number of aromatic amines is 1. The molecule has 0 fully saturated rings. The van der Waals surface area contributed by atoms with Gasteiger partial charge < -0.3 is 20.5 Å². The Balaban J connectivity index is 1.58. The Hall–Kier alpha value is -3.73. The Morgan fingerprint density at radius 3 is 2.23 bits per heavy atom. The minimum Gasteiger partial charge on any atom is -0.465 e. The van der Waals surface area contributed by atoms with Crippen molar-refractivity contribution in [1.29, 1.82) is 0 Å². The number of amides is 1. The number of aliphatic hydroxyl groups is 1. The van der Waals surface area contributed by atoms with E-state index in [1.165, 1.54) is 10.4 Å². The minimum atomic E-state index is -4.02. The number of rotatable bonds is 12. The Bertz CT molecular complexity index is 1490. The molecule has 0 saturated heterocycles. The number of fused-ring (bicyclic) bond motifs is 1. The van der Waals surface area contributed by atoms with Crippen molar-refractivity contribution < 1.29 is 23.4 Å². The van der Waals surface area contributed by atoms with Gasteiger partial charge in [0.05, 0.1) is 28.1 Å². The van der Waals surface area contributed by atoms with Crippen molar-refractivity contribution in [3.05, 3.63) is 95.8 Å². The van der Waals surface area contributed by atoms with Crippen LogP contribution in [0.4, 0.5) is 4.79 Å². The maximum atomic E-state index is 13.8. The first-order chi connectivity index (χ1) is 18.6. The van der Waals surface area contributed by atoms with Crippen LogP contribution >= 0.6 is 0 Å². The molecule has 1 aromatic heterocycles. The first-order valence-electron chi connectivity index (χ1n) is 12.9. The van der Waals surface area contributed by atoms with Gasteiger partial charge in [0.1, 0.15) is 5.82 Å². The molecular formula is C29H34N4O5S. The fourth-order valence-corrected chi connectivity index (χ4v) is 6.20. The molecule has 9 nitrogen and oxygen atoms in total. The highest BCUT2D eigenvalue weighted by atomic mass is 32.2. The third-order valence-corrected chi connectivity index (χ3v) is 8.21. The van der Waals surface area contributed by atoms with E-state index >= 15 is 0 Å². The molecule has 3 aromatic carbocycles. The van der Waals surface area contributed by atoms with Gasteiger partial charge in [-0.25, -0.2) is 18.2 Å². The van der Waals surface area contributed by atoms with E-state index in [2.05, 4.69) is 15.3 Å². The second kappa shape index (κ2) is 12.4. The van der Waals surface area contributed by atoms with Gasteiger partial charge in [0.25, 0.3) is 0 Å². The minimum absolute atomic E-state index is 0.0275. The topological polar surface area (TPSA) is 136 Å². The van der Waals surface area contributed by atoms with Crippen molar-refractivity contribution in [2.24, 2.45) is 5.92 Å². The molecule has 0 spiro atoms. The molecule has 0 aliphatic carbocycles. The lowest BCUT2D eigenvalue weighted by Gasteiger charge is -2.30. The second-order valence-electron chi connectivity index (χ2n) is 10.1. The molecule has 2 atom stereocenters. The van der Waals surface area contributed by atoms with Crippen LogP contribution in [0.1, 0.15) is 30.8 Å². The first kappa shape index (κ1) is 28.3. The standard InChI is InChI=1S/C29H34N4O5S/c1-20(2)18-33(19-27(34)26(32-29(35)36)15-21-9-5-3-6-10-21)39(37,38)23-13-14-24-25(17-23)31-28(30-24)16-22-11-7-4-8-12-22/h3-14,17,20,26-27,32,34H,15-16,18-19H2,1-2H3,(H,30,31)(H,35,36)/t26-,27+/m0/s1. The van der Waals surface area contributed by atoms with E-state index in [1.54, 1.807) is 12.1 Å². The molecule has 4 rings (SSSR count). The third kappa shape index (κ3) is 7.44. The van der Waals surface area contributed by atoms with Crippen LogP contribution in [0.5, 0.6) is 0 Å². The van der Waals surface area contributed by atoms with Gasteiger partial charge in [-0.05, 0) is 41.7 Å². The zero-order chi connectivity index (χ0) is 28.0. The summed E-state index contributed by atoms with van der Waals surface area (Å²) in [6, 6.07) is 22.9. The zero-order valence-corrected chi connectivity index (χ0v) is 22.8. The number of aliphatic hydroxyl groups excluding tert-OH is 1. The van der Waals surface area contributed by atoms with Crippen LogP contribution in [0.2, 0.25) is 0 Å². The summed E-state index contributed by atoms with van der Waals surface area (Å²) >= 11 is 0.